The van der Waals surface area contributed by atoms with Gasteiger partial charge in [0.05, 0.1) is 24.5 Å². The smallest absolute Gasteiger partial charge is 0.253 e. The van der Waals surface area contributed by atoms with Gasteiger partial charge in [-0.2, -0.15) is 0 Å². The quantitative estimate of drug-likeness (QED) is 0.495. The maximum absolute atomic E-state index is 14.4. The normalized spacial score (nSPS) is 29.0. The Morgan fingerprint density at radius 3 is 2.44 bits per heavy atom. The second-order valence-electron chi connectivity index (χ2n) is 11.1. The number of rotatable bonds is 5. The first-order valence-electron chi connectivity index (χ1n) is 14.1. The molecule has 8 nitrogen and oxygen atoms in total. The van der Waals surface area contributed by atoms with Crippen molar-refractivity contribution in [3.05, 3.63) is 103 Å². The third-order valence-electron chi connectivity index (χ3n) is 8.84. The molecule has 41 heavy (non-hydrogen) atoms. The number of nitrogens with zero attached hydrogens (tertiary/aromatic N) is 3. The lowest BCUT2D eigenvalue weighted by Gasteiger charge is -2.35. The van der Waals surface area contributed by atoms with E-state index in [1.165, 1.54) is 4.90 Å². The molecule has 4 aliphatic rings. The number of hydrogen-bond donors (Lipinski definition) is 1. The highest BCUT2D eigenvalue weighted by Gasteiger charge is 2.71. The molecule has 2 fully saturated rings. The molecule has 4 heterocycles. The molecule has 8 heteroatoms. The van der Waals surface area contributed by atoms with Gasteiger partial charge in [-0.25, -0.2) is 0 Å². The Kier molecular flexibility index (Phi) is 6.25. The topological polar surface area (TPSA) is 90.4 Å². The van der Waals surface area contributed by atoms with Crippen LogP contribution in [0.4, 0.5) is 5.69 Å². The number of fused-ring (bicyclic) bond motifs is 3. The molecule has 7 rings (SSSR count). The largest absolute Gasteiger partial charge is 0.395 e. The second kappa shape index (κ2) is 9.98. The van der Waals surface area contributed by atoms with Gasteiger partial charge in [0, 0.05) is 31.9 Å². The Balaban J connectivity index is 1.27. The molecule has 0 aromatic heterocycles. The fourth-order valence-corrected chi connectivity index (χ4v) is 7.06. The Bertz CT molecular complexity index is 1590. The van der Waals surface area contributed by atoms with Crippen LogP contribution in [0.3, 0.4) is 0 Å². The fourth-order valence-electron chi connectivity index (χ4n) is 7.06. The van der Waals surface area contributed by atoms with Crippen molar-refractivity contribution >= 4 is 34.2 Å². The molecule has 2 saturated heterocycles. The zero-order valence-electron chi connectivity index (χ0n) is 22.5. The summed E-state index contributed by atoms with van der Waals surface area (Å²) in [5.41, 5.74) is 0.391. The molecule has 208 valence electrons. The lowest BCUT2D eigenvalue weighted by Crippen LogP contribution is -2.55. The zero-order chi connectivity index (χ0) is 28.1. The van der Waals surface area contributed by atoms with E-state index in [0.717, 1.165) is 16.3 Å². The minimum atomic E-state index is -1.32. The zero-order valence-corrected chi connectivity index (χ0v) is 22.5. The van der Waals surface area contributed by atoms with E-state index in [1.807, 2.05) is 97.1 Å². The molecule has 1 spiro atoms. The highest BCUT2D eigenvalue weighted by Crippen LogP contribution is 2.53. The van der Waals surface area contributed by atoms with Crippen molar-refractivity contribution in [1.82, 2.24) is 9.80 Å². The van der Waals surface area contributed by atoms with Crippen molar-refractivity contribution in [2.75, 3.05) is 31.1 Å². The lowest BCUT2D eigenvalue weighted by molar-refractivity contribution is -0.145. The molecule has 3 aromatic carbocycles. The predicted octanol–water partition coefficient (Wildman–Crippen LogP) is 2.91. The number of aliphatic hydroxyl groups is 1. The maximum Gasteiger partial charge on any atom is 0.253 e. The van der Waals surface area contributed by atoms with Gasteiger partial charge in [0.2, 0.25) is 11.8 Å². The van der Waals surface area contributed by atoms with Gasteiger partial charge >= 0.3 is 0 Å². The Labute approximate surface area is 238 Å². The number of ether oxygens (including phenoxy) is 1. The van der Waals surface area contributed by atoms with Gasteiger partial charge < -0.3 is 24.5 Å². The van der Waals surface area contributed by atoms with Crippen LogP contribution < -0.4 is 4.90 Å². The minimum absolute atomic E-state index is 0.0224. The number of β-amino-alcohol motifs (C(OH)–C–C–N with tert-alkyl or cyclic N) is 1. The first-order valence-corrected chi connectivity index (χ1v) is 14.1. The minimum Gasteiger partial charge on any atom is -0.395 e. The molecule has 0 bridgehead atoms. The summed E-state index contributed by atoms with van der Waals surface area (Å²) in [5.74, 6) is -2.45. The number of amides is 3. The fraction of sp³-hybridized carbons (Fsp3) is 0.303. The van der Waals surface area contributed by atoms with Crippen LogP contribution in [0.5, 0.6) is 0 Å². The summed E-state index contributed by atoms with van der Waals surface area (Å²) < 4.78 is 6.67. The van der Waals surface area contributed by atoms with Gasteiger partial charge in [-0.05, 0) is 28.5 Å². The van der Waals surface area contributed by atoms with Gasteiger partial charge in [0.15, 0.2) is 0 Å². The molecule has 0 saturated carbocycles. The number of likely N-dealkylation sites (tertiary alicyclic amines) is 1. The van der Waals surface area contributed by atoms with Crippen molar-refractivity contribution in [2.24, 2.45) is 11.8 Å². The lowest BCUT2D eigenvalue weighted by atomic mass is 9.77. The monoisotopic (exact) mass is 549 g/mol. The van der Waals surface area contributed by atoms with E-state index in [-0.39, 0.29) is 30.9 Å². The molecule has 3 aromatic rings. The number of benzene rings is 3. The van der Waals surface area contributed by atoms with E-state index in [2.05, 4.69) is 0 Å². The summed E-state index contributed by atoms with van der Waals surface area (Å²) in [4.78, 5) is 47.5. The standard InChI is InChI=1S/C33H31N3O5/c37-19-18-36-29-32(40)35(25-14-13-23-10-4-5-11-24(23)20-25)17-7-15-33(29)28(31(36)39)27-26(41-33)12-6-16-34(30(27)38)21-22-8-2-1-3-9-22/h1-15,20,26-29,37H,16-19,21H2/t26-,27+,28-,29?,33-/m0/s1. The highest BCUT2D eigenvalue weighted by molar-refractivity contribution is 6.06. The van der Waals surface area contributed by atoms with Gasteiger partial charge in [-0.15, -0.1) is 0 Å². The van der Waals surface area contributed by atoms with Crippen LogP contribution in [0.15, 0.2) is 97.1 Å². The van der Waals surface area contributed by atoms with Gasteiger partial charge in [-0.1, -0.05) is 85.0 Å². The van der Waals surface area contributed by atoms with E-state index in [4.69, 9.17) is 4.74 Å². The molecule has 0 radical (unpaired) electrons. The van der Waals surface area contributed by atoms with Crippen molar-refractivity contribution in [2.45, 2.75) is 24.3 Å². The van der Waals surface area contributed by atoms with Crippen LogP contribution in [0.25, 0.3) is 10.8 Å². The molecule has 5 atom stereocenters. The number of carbonyl (C=O) groups is 3. The van der Waals surface area contributed by atoms with Crippen LogP contribution in [0.1, 0.15) is 5.56 Å². The van der Waals surface area contributed by atoms with Crippen molar-refractivity contribution < 1.29 is 24.2 Å². The molecule has 4 aliphatic heterocycles. The van der Waals surface area contributed by atoms with Gasteiger partial charge in [0.25, 0.3) is 5.91 Å². The summed E-state index contributed by atoms with van der Waals surface area (Å²) >= 11 is 0. The average molecular weight is 550 g/mol. The molecule has 1 unspecified atom stereocenters. The molecule has 3 amide bonds. The van der Waals surface area contributed by atoms with Crippen LogP contribution >= 0.6 is 0 Å². The van der Waals surface area contributed by atoms with E-state index in [0.29, 0.717) is 25.3 Å². The SMILES string of the molecule is O=C1[C@@H]2[C@H](C=CCN1Cc1ccccc1)O[C@]13C=CCN(c4ccc5ccccc5c4)C(=O)C1N(CCO)C(=O)[C@H]23. The van der Waals surface area contributed by atoms with Crippen LogP contribution in [-0.2, 0) is 25.7 Å². The summed E-state index contributed by atoms with van der Waals surface area (Å²) in [6.45, 7) is 0.791. The van der Waals surface area contributed by atoms with Crippen LogP contribution in [0, 0.1) is 11.8 Å². The Hall–Kier alpha value is -4.27. The van der Waals surface area contributed by atoms with Crippen molar-refractivity contribution in [3.63, 3.8) is 0 Å². The average Bonchev–Trinajstić information content (AvgIpc) is 3.30. The molecular formula is C33H31N3O5. The van der Waals surface area contributed by atoms with Crippen LogP contribution in [-0.4, -0.2) is 76.6 Å². The van der Waals surface area contributed by atoms with E-state index >= 15 is 0 Å². The summed E-state index contributed by atoms with van der Waals surface area (Å²) in [6, 6.07) is 22.5. The summed E-state index contributed by atoms with van der Waals surface area (Å²) in [6.07, 6.45) is 6.84. The van der Waals surface area contributed by atoms with Crippen molar-refractivity contribution in [3.8, 4) is 0 Å². The van der Waals surface area contributed by atoms with Crippen LogP contribution in [0.2, 0.25) is 0 Å². The third kappa shape index (κ3) is 4.01. The summed E-state index contributed by atoms with van der Waals surface area (Å²) in [5, 5.41) is 12.0. The number of carbonyl (C=O) groups excluding carboxylic acids is 3. The molecular weight excluding hydrogens is 518 g/mol. The van der Waals surface area contributed by atoms with Gasteiger partial charge in [0.1, 0.15) is 11.6 Å². The van der Waals surface area contributed by atoms with Gasteiger partial charge in [-0.3, -0.25) is 14.4 Å². The second-order valence-corrected chi connectivity index (χ2v) is 11.1. The van der Waals surface area contributed by atoms with E-state index < -0.39 is 29.6 Å². The first kappa shape index (κ1) is 25.7. The number of aliphatic hydroxyl groups excluding tert-OH is 1. The van der Waals surface area contributed by atoms with Crippen molar-refractivity contribution in [1.29, 1.82) is 0 Å². The highest BCUT2D eigenvalue weighted by atomic mass is 16.5. The molecule has 1 N–H and O–H groups in total. The number of anilines is 1. The van der Waals surface area contributed by atoms with E-state index in [1.54, 1.807) is 9.80 Å². The third-order valence-corrected chi connectivity index (χ3v) is 8.84. The first-order chi connectivity index (χ1) is 20.0. The summed E-state index contributed by atoms with van der Waals surface area (Å²) in [7, 11) is 0. The predicted molar refractivity (Wildman–Crippen MR) is 154 cm³/mol. The molecule has 0 aliphatic carbocycles. The Morgan fingerprint density at radius 1 is 0.854 bits per heavy atom. The Morgan fingerprint density at radius 2 is 1.63 bits per heavy atom. The van der Waals surface area contributed by atoms with E-state index in [9.17, 15) is 19.5 Å². The number of hydrogen-bond acceptors (Lipinski definition) is 5. The maximum atomic E-state index is 14.4.